The Hall–Kier alpha value is -1.50. The third-order valence-electron chi connectivity index (χ3n) is 2.24. The summed E-state index contributed by atoms with van der Waals surface area (Å²) < 4.78 is 42.7. The molecule has 0 aliphatic heterocycles. The summed E-state index contributed by atoms with van der Waals surface area (Å²) in [6.07, 6.45) is -3.47. The molecule has 7 heteroatoms. The van der Waals surface area contributed by atoms with Crippen molar-refractivity contribution in [2.24, 2.45) is 5.92 Å². The van der Waals surface area contributed by atoms with Gasteiger partial charge in [-0.2, -0.15) is 13.2 Å². The molecule has 0 unspecified atom stereocenters. The molecule has 1 aromatic heterocycles. The average molecular weight is 277 g/mol. The molecule has 0 amide bonds. The van der Waals surface area contributed by atoms with Crippen molar-refractivity contribution >= 4 is 11.4 Å². The van der Waals surface area contributed by atoms with E-state index in [4.69, 9.17) is 10.5 Å². The highest BCUT2D eigenvalue weighted by Gasteiger charge is 2.32. The molecule has 0 aliphatic rings. The molecule has 0 saturated heterocycles. The molecule has 0 aromatic carbocycles. The van der Waals surface area contributed by atoms with Crippen LogP contribution in [0.2, 0.25) is 0 Å². The Labute approximate surface area is 110 Å². The summed E-state index contributed by atoms with van der Waals surface area (Å²) in [6, 6.07) is 0.901. The number of nitrogens with two attached hydrogens (primary N) is 1. The summed E-state index contributed by atoms with van der Waals surface area (Å²) >= 11 is 0. The highest BCUT2D eigenvalue weighted by molar-refractivity contribution is 5.65. The second-order valence-corrected chi connectivity index (χ2v) is 4.55. The van der Waals surface area contributed by atoms with Crippen LogP contribution < -0.4 is 11.1 Å². The molecule has 3 N–H and O–H groups in total. The number of alkyl halides is 3. The number of nitrogens with one attached hydrogen (secondary N) is 1. The zero-order valence-electron chi connectivity index (χ0n) is 10.9. The summed E-state index contributed by atoms with van der Waals surface area (Å²) in [5.74, 6) is 0.419. The number of pyridine rings is 1. The van der Waals surface area contributed by atoms with Gasteiger partial charge in [-0.15, -0.1) is 0 Å². The molecule has 0 aliphatic carbocycles. The summed E-state index contributed by atoms with van der Waals surface area (Å²) in [5, 5.41) is 2.81. The molecule has 0 saturated carbocycles. The first-order valence-corrected chi connectivity index (χ1v) is 5.95. The SMILES string of the molecule is CC(C)COCCNc1cc(C(F)(F)F)ncc1N. The van der Waals surface area contributed by atoms with Gasteiger partial charge >= 0.3 is 6.18 Å². The van der Waals surface area contributed by atoms with Crippen molar-refractivity contribution in [2.75, 3.05) is 30.8 Å². The van der Waals surface area contributed by atoms with Crippen LogP contribution >= 0.6 is 0 Å². The summed E-state index contributed by atoms with van der Waals surface area (Å²) in [5.41, 5.74) is 4.99. The molecule has 1 heterocycles. The van der Waals surface area contributed by atoms with Gasteiger partial charge in [0.1, 0.15) is 5.69 Å². The third kappa shape index (κ3) is 5.34. The van der Waals surface area contributed by atoms with Crippen molar-refractivity contribution < 1.29 is 17.9 Å². The Morgan fingerprint density at radius 2 is 2.11 bits per heavy atom. The predicted molar refractivity (Wildman–Crippen MR) is 67.8 cm³/mol. The Kier molecular flexibility index (Phi) is 5.41. The van der Waals surface area contributed by atoms with E-state index in [-0.39, 0.29) is 11.4 Å². The number of halogens is 3. The molecule has 0 fully saturated rings. The van der Waals surface area contributed by atoms with E-state index in [0.29, 0.717) is 25.7 Å². The number of nitrogen functional groups attached to an aromatic ring is 1. The number of aromatic nitrogens is 1. The molecule has 1 aromatic rings. The van der Waals surface area contributed by atoms with Gasteiger partial charge in [0.05, 0.1) is 24.2 Å². The molecule has 19 heavy (non-hydrogen) atoms. The van der Waals surface area contributed by atoms with Gasteiger partial charge in [0, 0.05) is 13.2 Å². The van der Waals surface area contributed by atoms with E-state index in [1.165, 1.54) is 0 Å². The van der Waals surface area contributed by atoms with Crippen LogP contribution in [0.5, 0.6) is 0 Å². The molecular weight excluding hydrogens is 259 g/mol. The second-order valence-electron chi connectivity index (χ2n) is 4.55. The van der Waals surface area contributed by atoms with Crippen LogP contribution in [0, 0.1) is 5.92 Å². The van der Waals surface area contributed by atoms with E-state index in [1.54, 1.807) is 0 Å². The lowest BCUT2D eigenvalue weighted by atomic mass is 10.2. The number of hydrogen-bond acceptors (Lipinski definition) is 4. The van der Waals surface area contributed by atoms with Crippen LogP contribution in [0.15, 0.2) is 12.3 Å². The van der Waals surface area contributed by atoms with Gasteiger partial charge < -0.3 is 15.8 Å². The van der Waals surface area contributed by atoms with Crippen LogP contribution in [0.1, 0.15) is 19.5 Å². The third-order valence-corrected chi connectivity index (χ3v) is 2.24. The largest absolute Gasteiger partial charge is 0.433 e. The molecule has 108 valence electrons. The maximum atomic E-state index is 12.5. The smallest absolute Gasteiger partial charge is 0.396 e. The van der Waals surface area contributed by atoms with E-state index in [1.807, 2.05) is 13.8 Å². The first-order chi connectivity index (χ1) is 8.80. The highest BCUT2D eigenvalue weighted by atomic mass is 19.4. The molecule has 1 rings (SSSR count). The fourth-order valence-corrected chi connectivity index (χ4v) is 1.35. The first-order valence-electron chi connectivity index (χ1n) is 5.95. The van der Waals surface area contributed by atoms with E-state index < -0.39 is 11.9 Å². The lowest BCUT2D eigenvalue weighted by Gasteiger charge is -2.13. The van der Waals surface area contributed by atoms with Crippen LogP contribution in [0.4, 0.5) is 24.5 Å². The topological polar surface area (TPSA) is 60.2 Å². The molecule has 0 atom stereocenters. The van der Waals surface area contributed by atoms with Gasteiger partial charge in [0.2, 0.25) is 0 Å². The molecule has 0 bridgehead atoms. The summed E-state index contributed by atoms with van der Waals surface area (Å²) in [7, 11) is 0. The predicted octanol–water partition coefficient (Wildman–Crippen LogP) is 2.77. The number of hydrogen-bond donors (Lipinski definition) is 2. The van der Waals surface area contributed by atoms with Crippen LogP contribution in [-0.2, 0) is 10.9 Å². The fourth-order valence-electron chi connectivity index (χ4n) is 1.35. The number of anilines is 2. The van der Waals surface area contributed by atoms with E-state index in [2.05, 4.69) is 10.3 Å². The van der Waals surface area contributed by atoms with E-state index in [9.17, 15) is 13.2 Å². The Morgan fingerprint density at radius 3 is 2.68 bits per heavy atom. The quantitative estimate of drug-likeness (QED) is 0.785. The highest BCUT2D eigenvalue weighted by Crippen LogP contribution is 2.30. The van der Waals surface area contributed by atoms with Gasteiger partial charge in [-0.3, -0.25) is 0 Å². The minimum Gasteiger partial charge on any atom is -0.396 e. The standard InChI is InChI=1S/C12H18F3N3O/c1-8(2)7-19-4-3-17-10-5-11(12(13,14)15)18-6-9(10)16/h5-6,8H,3-4,7,16H2,1-2H3,(H,17,18). The van der Waals surface area contributed by atoms with Crippen LogP contribution in [-0.4, -0.2) is 24.7 Å². The molecule has 4 nitrogen and oxygen atoms in total. The average Bonchev–Trinajstić information content (AvgIpc) is 2.29. The summed E-state index contributed by atoms with van der Waals surface area (Å²) in [4.78, 5) is 3.26. The Morgan fingerprint density at radius 1 is 1.42 bits per heavy atom. The monoisotopic (exact) mass is 277 g/mol. The van der Waals surface area contributed by atoms with Crippen LogP contribution in [0.25, 0.3) is 0 Å². The Balaban J connectivity index is 2.53. The van der Waals surface area contributed by atoms with E-state index >= 15 is 0 Å². The lowest BCUT2D eigenvalue weighted by molar-refractivity contribution is -0.141. The zero-order valence-corrected chi connectivity index (χ0v) is 10.9. The Bertz CT molecular complexity index is 408. The van der Waals surface area contributed by atoms with Gasteiger partial charge in [-0.25, -0.2) is 4.98 Å². The lowest BCUT2D eigenvalue weighted by Crippen LogP contribution is -2.15. The first kappa shape index (κ1) is 15.6. The minimum absolute atomic E-state index is 0.178. The maximum Gasteiger partial charge on any atom is 0.433 e. The summed E-state index contributed by atoms with van der Waals surface area (Å²) in [6.45, 7) is 5.44. The zero-order chi connectivity index (χ0) is 14.5. The van der Waals surface area contributed by atoms with Gasteiger partial charge in [-0.05, 0) is 12.0 Å². The number of rotatable bonds is 6. The van der Waals surface area contributed by atoms with Gasteiger partial charge in [0.25, 0.3) is 0 Å². The van der Waals surface area contributed by atoms with Crippen molar-refractivity contribution in [2.45, 2.75) is 20.0 Å². The second kappa shape index (κ2) is 6.60. The van der Waals surface area contributed by atoms with Crippen molar-refractivity contribution in [1.29, 1.82) is 0 Å². The number of ether oxygens (including phenoxy) is 1. The molecule has 0 radical (unpaired) electrons. The van der Waals surface area contributed by atoms with Crippen molar-refractivity contribution in [3.05, 3.63) is 18.0 Å². The van der Waals surface area contributed by atoms with Gasteiger partial charge in [-0.1, -0.05) is 13.8 Å². The number of nitrogens with zero attached hydrogens (tertiary/aromatic N) is 1. The van der Waals surface area contributed by atoms with E-state index in [0.717, 1.165) is 12.3 Å². The van der Waals surface area contributed by atoms with Crippen molar-refractivity contribution in [1.82, 2.24) is 4.98 Å². The van der Waals surface area contributed by atoms with Crippen LogP contribution in [0.3, 0.4) is 0 Å². The minimum atomic E-state index is -4.47. The maximum absolute atomic E-state index is 12.5. The molecule has 0 spiro atoms. The van der Waals surface area contributed by atoms with Crippen molar-refractivity contribution in [3.8, 4) is 0 Å². The van der Waals surface area contributed by atoms with Crippen molar-refractivity contribution in [3.63, 3.8) is 0 Å². The normalized spacial score (nSPS) is 11.9. The van der Waals surface area contributed by atoms with Gasteiger partial charge in [0.15, 0.2) is 0 Å². The molecular formula is C12H18F3N3O. The fraction of sp³-hybridized carbons (Fsp3) is 0.583.